The predicted octanol–water partition coefficient (Wildman–Crippen LogP) is 5.04. The lowest BCUT2D eigenvalue weighted by atomic mass is 9.84. The van der Waals surface area contributed by atoms with Gasteiger partial charge in [0.15, 0.2) is 11.6 Å². The molecule has 10 nitrogen and oxygen atoms in total. The molecule has 4 rings (SSSR count). The summed E-state index contributed by atoms with van der Waals surface area (Å²) in [6, 6.07) is 23.8. The SMILES string of the molecule is C=CC[C@]1(C(=O)NNCc2ccccc2)N=C(c2ccc(OCCCO)cc2)O[C@H]1c1ccccc1N=[N+]=[N-]. The van der Waals surface area contributed by atoms with Gasteiger partial charge in [-0.1, -0.05) is 65.8 Å². The second-order valence-corrected chi connectivity index (χ2v) is 8.82. The Labute approximate surface area is 226 Å². The molecule has 0 unspecified atom stereocenters. The smallest absolute Gasteiger partial charge is 0.266 e. The summed E-state index contributed by atoms with van der Waals surface area (Å²) in [6.07, 6.45) is 1.41. The van der Waals surface area contributed by atoms with Crippen LogP contribution in [0.5, 0.6) is 5.75 Å². The van der Waals surface area contributed by atoms with E-state index in [1.807, 2.05) is 30.3 Å². The quantitative estimate of drug-likeness (QED) is 0.0714. The maximum atomic E-state index is 13.8. The van der Waals surface area contributed by atoms with Crippen molar-refractivity contribution < 1.29 is 19.4 Å². The van der Waals surface area contributed by atoms with Crippen molar-refractivity contribution in [1.82, 2.24) is 10.9 Å². The summed E-state index contributed by atoms with van der Waals surface area (Å²) in [4.78, 5) is 21.6. The van der Waals surface area contributed by atoms with Crippen LogP contribution in [-0.4, -0.2) is 35.7 Å². The molecule has 1 aliphatic heterocycles. The molecule has 1 amide bonds. The van der Waals surface area contributed by atoms with Crippen LogP contribution in [0.3, 0.4) is 0 Å². The van der Waals surface area contributed by atoms with Crippen molar-refractivity contribution >= 4 is 17.5 Å². The molecule has 0 spiro atoms. The summed E-state index contributed by atoms with van der Waals surface area (Å²) in [5, 5.41) is 12.8. The van der Waals surface area contributed by atoms with Crippen LogP contribution in [-0.2, 0) is 16.1 Å². The number of aliphatic hydroxyl groups excluding tert-OH is 1. The fraction of sp³-hybridized carbons (Fsp3) is 0.241. The van der Waals surface area contributed by atoms with Gasteiger partial charge in [-0.2, -0.15) is 0 Å². The first-order valence-corrected chi connectivity index (χ1v) is 12.5. The average Bonchev–Trinajstić information content (AvgIpc) is 3.35. The Morgan fingerprint density at radius 3 is 2.62 bits per heavy atom. The van der Waals surface area contributed by atoms with E-state index in [1.165, 1.54) is 0 Å². The second-order valence-electron chi connectivity index (χ2n) is 8.82. The van der Waals surface area contributed by atoms with Crippen molar-refractivity contribution in [2.75, 3.05) is 13.2 Å². The van der Waals surface area contributed by atoms with Crippen LogP contribution in [0, 0.1) is 0 Å². The highest BCUT2D eigenvalue weighted by molar-refractivity contribution is 6.01. The van der Waals surface area contributed by atoms with Gasteiger partial charge in [0.1, 0.15) is 5.75 Å². The third-order valence-corrected chi connectivity index (χ3v) is 6.19. The summed E-state index contributed by atoms with van der Waals surface area (Å²) in [7, 11) is 0. The van der Waals surface area contributed by atoms with Gasteiger partial charge < -0.3 is 14.6 Å². The lowest BCUT2D eigenvalue weighted by molar-refractivity contribution is -0.129. The Kier molecular flexibility index (Phi) is 9.31. The van der Waals surface area contributed by atoms with Gasteiger partial charge in [-0.25, -0.2) is 10.4 Å². The van der Waals surface area contributed by atoms with Crippen LogP contribution in [0.1, 0.15) is 35.6 Å². The molecule has 39 heavy (non-hydrogen) atoms. The number of rotatable bonds is 13. The Hall–Kier alpha value is -4.63. The Balaban J connectivity index is 1.68. The van der Waals surface area contributed by atoms with E-state index in [1.54, 1.807) is 54.6 Å². The third-order valence-electron chi connectivity index (χ3n) is 6.19. The molecule has 3 aromatic carbocycles. The average molecular weight is 527 g/mol. The van der Waals surface area contributed by atoms with Crippen molar-refractivity contribution in [3.05, 3.63) is 119 Å². The zero-order chi connectivity index (χ0) is 27.5. The highest BCUT2D eigenvalue weighted by Gasteiger charge is 2.53. The molecule has 10 heteroatoms. The number of carbonyl (C=O) groups is 1. The number of benzene rings is 3. The van der Waals surface area contributed by atoms with Gasteiger partial charge in [0.2, 0.25) is 5.90 Å². The summed E-state index contributed by atoms with van der Waals surface area (Å²) in [5.74, 6) is 0.479. The van der Waals surface area contributed by atoms with Crippen LogP contribution in [0.15, 0.2) is 102 Å². The van der Waals surface area contributed by atoms with E-state index in [4.69, 9.17) is 25.1 Å². The maximum absolute atomic E-state index is 13.8. The van der Waals surface area contributed by atoms with E-state index in [9.17, 15) is 4.79 Å². The molecule has 0 radical (unpaired) electrons. The molecule has 2 atom stereocenters. The van der Waals surface area contributed by atoms with Crippen molar-refractivity contribution in [2.24, 2.45) is 10.1 Å². The summed E-state index contributed by atoms with van der Waals surface area (Å²) < 4.78 is 12.0. The molecular weight excluding hydrogens is 496 g/mol. The van der Waals surface area contributed by atoms with Crippen molar-refractivity contribution in [3.63, 3.8) is 0 Å². The molecule has 0 aromatic heterocycles. The number of nitrogens with zero attached hydrogens (tertiary/aromatic N) is 4. The summed E-state index contributed by atoms with van der Waals surface area (Å²) >= 11 is 0. The third kappa shape index (κ3) is 6.45. The highest BCUT2D eigenvalue weighted by Crippen LogP contribution is 2.45. The predicted molar refractivity (Wildman–Crippen MR) is 148 cm³/mol. The first-order chi connectivity index (χ1) is 19.1. The molecule has 1 heterocycles. The van der Waals surface area contributed by atoms with Crippen molar-refractivity contribution in [2.45, 2.75) is 31.0 Å². The molecule has 0 aliphatic carbocycles. The van der Waals surface area contributed by atoms with Gasteiger partial charge in [0, 0.05) is 47.7 Å². The number of azide groups is 1. The van der Waals surface area contributed by atoms with E-state index in [-0.39, 0.29) is 18.9 Å². The molecule has 3 N–H and O–H groups in total. The minimum absolute atomic E-state index is 0.0507. The monoisotopic (exact) mass is 526 g/mol. The first-order valence-electron chi connectivity index (χ1n) is 12.5. The number of aliphatic hydroxyl groups is 1. The molecular formula is C29H30N6O4. The largest absolute Gasteiger partial charge is 0.494 e. The molecule has 3 aromatic rings. The molecule has 0 bridgehead atoms. The number of hydrazine groups is 1. The second kappa shape index (κ2) is 13.3. The van der Waals surface area contributed by atoms with Crippen LogP contribution in [0.25, 0.3) is 10.4 Å². The van der Waals surface area contributed by atoms with E-state index in [0.29, 0.717) is 42.1 Å². The standard InChI is InChI=1S/C29H30N6O4/c1-2-17-29(28(37)34-31-20-21-9-4-3-5-10-21)26(24-11-6-7-12-25(24)33-35-30)39-27(32-29)22-13-15-23(16-14-22)38-19-8-18-36/h2-7,9-16,26,31,36H,1,8,17-20H2,(H,34,37)/t26-,29-/m0/s1. The number of ether oxygens (including phenoxy) is 2. The molecule has 1 aliphatic rings. The molecule has 200 valence electrons. The van der Waals surface area contributed by atoms with Crippen LogP contribution < -0.4 is 15.6 Å². The van der Waals surface area contributed by atoms with Gasteiger partial charge in [0.05, 0.1) is 6.61 Å². The topological polar surface area (TPSA) is 141 Å². The van der Waals surface area contributed by atoms with Crippen LogP contribution >= 0.6 is 0 Å². The van der Waals surface area contributed by atoms with Crippen molar-refractivity contribution in [1.29, 1.82) is 0 Å². The Morgan fingerprint density at radius 1 is 1.15 bits per heavy atom. The van der Waals surface area contributed by atoms with Crippen LogP contribution in [0.2, 0.25) is 0 Å². The molecule has 0 saturated heterocycles. The first kappa shape index (κ1) is 27.4. The number of hydrogen-bond acceptors (Lipinski definition) is 7. The Bertz CT molecular complexity index is 1360. The van der Waals surface area contributed by atoms with Gasteiger partial charge in [-0.3, -0.25) is 10.2 Å². The highest BCUT2D eigenvalue weighted by atomic mass is 16.5. The fourth-order valence-electron chi connectivity index (χ4n) is 4.29. The number of nitrogens with one attached hydrogen (secondary N) is 2. The van der Waals surface area contributed by atoms with E-state index < -0.39 is 17.6 Å². The number of aliphatic imine (C=N–C) groups is 1. The molecule has 0 saturated carbocycles. The summed E-state index contributed by atoms with van der Waals surface area (Å²) in [6.45, 7) is 4.72. The minimum Gasteiger partial charge on any atom is -0.494 e. The van der Waals surface area contributed by atoms with E-state index in [2.05, 4.69) is 27.5 Å². The zero-order valence-corrected chi connectivity index (χ0v) is 21.4. The van der Waals surface area contributed by atoms with E-state index >= 15 is 0 Å². The van der Waals surface area contributed by atoms with Gasteiger partial charge >= 0.3 is 0 Å². The van der Waals surface area contributed by atoms with Gasteiger partial charge in [-0.05, 0) is 35.4 Å². The van der Waals surface area contributed by atoms with Gasteiger partial charge in [0.25, 0.3) is 5.91 Å². The summed E-state index contributed by atoms with van der Waals surface area (Å²) in [5.41, 5.74) is 16.0. The fourth-order valence-corrected chi connectivity index (χ4v) is 4.29. The maximum Gasteiger partial charge on any atom is 0.266 e. The number of hydrogen-bond donors (Lipinski definition) is 3. The number of amides is 1. The van der Waals surface area contributed by atoms with Crippen LogP contribution in [0.4, 0.5) is 5.69 Å². The Morgan fingerprint density at radius 2 is 1.90 bits per heavy atom. The minimum atomic E-state index is -1.43. The van der Waals surface area contributed by atoms with Crippen molar-refractivity contribution in [3.8, 4) is 5.75 Å². The zero-order valence-electron chi connectivity index (χ0n) is 21.4. The normalized spacial score (nSPS) is 17.9. The lowest BCUT2D eigenvalue weighted by Crippen LogP contribution is -2.52. The molecule has 0 fully saturated rings. The lowest BCUT2D eigenvalue weighted by Gasteiger charge is -2.30. The van der Waals surface area contributed by atoms with Gasteiger partial charge in [-0.15, -0.1) is 6.58 Å². The van der Waals surface area contributed by atoms with E-state index in [0.717, 1.165) is 5.56 Å². The number of carbonyl (C=O) groups excluding carboxylic acids is 1.